The minimum atomic E-state index is -4.87. The second-order valence-corrected chi connectivity index (χ2v) is 7.02. The van der Waals surface area contributed by atoms with E-state index in [-0.39, 0.29) is 24.6 Å². The molecule has 2 aromatic rings. The summed E-state index contributed by atoms with van der Waals surface area (Å²) in [7, 11) is 0. The average molecular weight is 410 g/mol. The number of thioether (sulfide) groups is 1. The number of amides is 2. The first-order valence-corrected chi connectivity index (χ1v) is 9.59. The third kappa shape index (κ3) is 4.78. The Morgan fingerprint density at radius 1 is 1.21 bits per heavy atom. The second-order valence-electron chi connectivity index (χ2n) is 6.14. The quantitative estimate of drug-likeness (QED) is 0.747. The summed E-state index contributed by atoms with van der Waals surface area (Å²) in [6.07, 6.45) is -2.97. The lowest BCUT2D eigenvalue weighted by Gasteiger charge is -2.18. The maximum Gasteiger partial charge on any atom is 0.573 e. The van der Waals surface area contributed by atoms with E-state index in [9.17, 15) is 22.8 Å². The van der Waals surface area contributed by atoms with Gasteiger partial charge in [0, 0.05) is 23.5 Å². The summed E-state index contributed by atoms with van der Waals surface area (Å²) in [5, 5.41) is 2.44. The summed E-state index contributed by atoms with van der Waals surface area (Å²) in [5.74, 6) is -1.92. The molecule has 0 aliphatic carbocycles. The van der Waals surface area contributed by atoms with Gasteiger partial charge in [-0.05, 0) is 36.6 Å². The van der Waals surface area contributed by atoms with Crippen LogP contribution in [0.15, 0.2) is 53.4 Å². The Balaban J connectivity index is 1.72. The number of carbonyl (C=O) groups is 2. The Morgan fingerprint density at radius 2 is 1.96 bits per heavy atom. The number of ether oxygens (including phenoxy) is 1. The predicted octanol–water partition coefficient (Wildman–Crippen LogP) is 4.30. The van der Waals surface area contributed by atoms with Gasteiger partial charge in [0.2, 0.25) is 11.8 Å². The Kier molecular flexibility index (Phi) is 5.83. The van der Waals surface area contributed by atoms with Crippen molar-refractivity contribution in [2.45, 2.75) is 17.7 Å². The van der Waals surface area contributed by atoms with Crippen LogP contribution in [0.2, 0.25) is 0 Å². The van der Waals surface area contributed by atoms with E-state index in [0.29, 0.717) is 5.69 Å². The van der Waals surface area contributed by atoms with Crippen LogP contribution in [0, 0.1) is 5.92 Å². The van der Waals surface area contributed by atoms with E-state index >= 15 is 0 Å². The van der Waals surface area contributed by atoms with Crippen molar-refractivity contribution in [2.75, 3.05) is 23.0 Å². The van der Waals surface area contributed by atoms with Gasteiger partial charge in [-0.1, -0.05) is 18.2 Å². The Labute approximate surface area is 163 Å². The molecule has 0 spiro atoms. The number of benzene rings is 2. The lowest BCUT2D eigenvalue weighted by Crippen LogP contribution is -2.28. The highest BCUT2D eigenvalue weighted by Crippen LogP contribution is 2.32. The van der Waals surface area contributed by atoms with Crippen molar-refractivity contribution >= 4 is 35.0 Å². The van der Waals surface area contributed by atoms with E-state index in [2.05, 4.69) is 10.1 Å². The molecule has 1 atom stereocenters. The van der Waals surface area contributed by atoms with E-state index < -0.39 is 23.9 Å². The van der Waals surface area contributed by atoms with Gasteiger partial charge >= 0.3 is 6.36 Å². The number of halogens is 3. The molecule has 0 bridgehead atoms. The summed E-state index contributed by atoms with van der Waals surface area (Å²) in [4.78, 5) is 27.4. The third-order valence-electron chi connectivity index (χ3n) is 4.23. The molecule has 1 unspecified atom stereocenters. The van der Waals surface area contributed by atoms with Crippen LogP contribution < -0.4 is 15.0 Å². The maximum atomic E-state index is 12.5. The van der Waals surface area contributed by atoms with Gasteiger partial charge in [0.05, 0.1) is 11.6 Å². The molecule has 2 amide bonds. The highest BCUT2D eigenvalue weighted by Gasteiger charge is 2.36. The van der Waals surface area contributed by atoms with Gasteiger partial charge in [-0.2, -0.15) is 0 Å². The molecule has 1 N–H and O–H groups in total. The molecule has 0 saturated carbocycles. The number of anilines is 2. The van der Waals surface area contributed by atoms with Crippen LogP contribution in [0.25, 0.3) is 0 Å². The molecule has 0 radical (unpaired) electrons. The van der Waals surface area contributed by atoms with Crippen molar-refractivity contribution in [2.24, 2.45) is 5.92 Å². The van der Waals surface area contributed by atoms with Gasteiger partial charge in [0.1, 0.15) is 0 Å². The van der Waals surface area contributed by atoms with Crippen LogP contribution in [-0.4, -0.2) is 31.0 Å². The van der Waals surface area contributed by atoms with Crippen molar-refractivity contribution < 1.29 is 27.5 Å². The normalized spacial score (nSPS) is 16.9. The van der Waals surface area contributed by atoms with Gasteiger partial charge in [-0.3, -0.25) is 9.59 Å². The molecular formula is C19H17F3N2O3S. The summed E-state index contributed by atoms with van der Waals surface area (Å²) in [6, 6.07) is 12.7. The largest absolute Gasteiger partial charge is 0.573 e. The molecule has 1 aliphatic rings. The molecule has 1 aliphatic heterocycles. The third-order valence-corrected chi connectivity index (χ3v) is 4.96. The molecule has 28 heavy (non-hydrogen) atoms. The zero-order chi connectivity index (χ0) is 20.3. The number of nitrogens with one attached hydrogen (secondary N) is 1. The predicted molar refractivity (Wildman–Crippen MR) is 100 cm³/mol. The van der Waals surface area contributed by atoms with E-state index in [1.807, 2.05) is 24.5 Å². The van der Waals surface area contributed by atoms with E-state index in [4.69, 9.17) is 0 Å². The molecule has 5 nitrogen and oxygen atoms in total. The molecule has 2 aromatic carbocycles. The van der Waals surface area contributed by atoms with Gasteiger partial charge in [-0.15, -0.1) is 24.9 Å². The van der Waals surface area contributed by atoms with Crippen LogP contribution in [0.3, 0.4) is 0 Å². The summed E-state index contributed by atoms with van der Waals surface area (Å²) in [6.45, 7) is 0.158. The molecule has 1 heterocycles. The number of hydrogen-bond acceptors (Lipinski definition) is 4. The van der Waals surface area contributed by atoms with Gasteiger partial charge < -0.3 is 15.0 Å². The number of rotatable bonds is 5. The summed E-state index contributed by atoms with van der Waals surface area (Å²) in [5.41, 5.74) is 0.591. The van der Waals surface area contributed by atoms with E-state index in [0.717, 1.165) is 11.0 Å². The zero-order valence-corrected chi connectivity index (χ0v) is 15.6. The topological polar surface area (TPSA) is 58.6 Å². The van der Waals surface area contributed by atoms with Crippen LogP contribution >= 0.6 is 11.8 Å². The lowest BCUT2D eigenvalue weighted by atomic mass is 10.1. The molecule has 1 fully saturated rings. The van der Waals surface area contributed by atoms with Crippen molar-refractivity contribution in [3.8, 4) is 5.75 Å². The fraction of sp³-hybridized carbons (Fsp3) is 0.263. The Bertz CT molecular complexity index is 889. The number of nitrogens with zero attached hydrogens (tertiary/aromatic N) is 1. The van der Waals surface area contributed by atoms with Crippen LogP contribution in [0.1, 0.15) is 6.42 Å². The lowest BCUT2D eigenvalue weighted by molar-refractivity contribution is -0.274. The Morgan fingerprint density at radius 3 is 2.68 bits per heavy atom. The summed E-state index contributed by atoms with van der Waals surface area (Å²) >= 11 is 1.53. The fourth-order valence-corrected chi connectivity index (χ4v) is 3.38. The van der Waals surface area contributed by atoms with Gasteiger partial charge in [-0.25, -0.2) is 0 Å². The molecular weight excluding hydrogens is 393 g/mol. The smallest absolute Gasteiger partial charge is 0.404 e. The molecule has 0 aromatic heterocycles. The number of alkyl halides is 3. The second kappa shape index (κ2) is 8.14. The monoisotopic (exact) mass is 410 g/mol. The Hall–Kier alpha value is -2.68. The van der Waals surface area contributed by atoms with Gasteiger partial charge in [0.25, 0.3) is 0 Å². The van der Waals surface area contributed by atoms with Crippen LogP contribution in [0.4, 0.5) is 24.5 Å². The molecule has 9 heteroatoms. The first-order valence-electron chi connectivity index (χ1n) is 8.37. The minimum absolute atomic E-state index is 0.0162. The zero-order valence-electron chi connectivity index (χ0n) is 14.8. The van der Waals surface area contributed by atoms with Crippen LogP contribution in [-0.2, 0) is 9.59 Å². The first kappa shape index (κ1) is 20.1. The molecule has 148 valence electrons. The van der Waals surface area contributed by atoms with Crippen molar-refractivity contribution in [3.05, 3.63) is 48.5 Å². The van der Waals surface area contributed by atoms with Crippen LogP contribution in [0.5, 0.6) is 5.75 Å². The molecule has 3 rings (SSSR count). The average Bonchev–Trinajstić information content (AvgIpc) is 3.04. The highest BCUT2D eigenvalue weighted by molar-refractivity contribution is 7.98. The van der Waals surface area contributed by atoms with E-state index in [1.165, 1.54) is 34.9 Å². The van der Waals surface area contributed by atoms with Gasteiger partial charge in [0.15, 0.2) is 5.75 Å². The number of para-hydroxylation sites is 2. The first-order chi connectivity index (χ1) is 13.3. The van der Waals surface area contributed by atoms with E-state index in [1.54, 1.807) is 6.07 Å². The molecule has 1 saturated heterocycles. The van der Waals surface area contributed by atoms with Crippen molar-refractivity contribution in [1.82, 2.24) is 0 Å². The highest BCUT2D eigenvalue weighted by atomic mass is 32.2. The standard InChI is InChI=1S/C19H17F3N2O3S/c1-28-14-6-4-5-13(10-14)24-11-12(9-17(24)25)18(26)23-15-7-2-3-8-16(15)27-19(20,21)22/h2-8,10,12H,9,11H2,1H3,(H,23,26). The van der Waals surface area contributed by atoms with Crippen molar-refractivity contribution in [3.63, 3.8) is 0 Å². The maximum absolute atomic E-state index is 12.5. The number of hydrogen-bond donors (Lipinski definition) is 1. The summed E-state index contributed by atoms with van der Waals surface area (Å²) < 4.78 is 41.5. The number of carbonyl (C=O) groups excluding carboxylic acids is 2. The fourth-order valence-electron chi connectivity index (χ4n) is 2.93. The van der Waals surface area contributed by atoms with Crippen molar-refractivity contribution in [1.29, 1.82) is 0 Å². The SMILES string of the molecule is CSc1cccc(N2CC(C(=O)Nc3ccccc3OC(F)(F)F)CC2=O)c1. The minimum Gasteiger partial charge on any atom is -0.404 e.